The van der Waals surface area contributed by atoms with Crippen molar-refractivity contribution in [1.29, 1.82) is 0 Å². The monoisotopic (exact) mass is 207 g/mol. The summed E-state index contributed by atoms with van der Waals surface area (Å²) in [6, 6.07) is 0.729. The summed E-state index contributed by atoms with van der Waals surface area (Å²) in [6.45, 7) is 6.24. The molecular weight excluding hydrogens is 186 g/mol. The third kappa shape index (κ3) is 2.40. The lowest BCUT2D eigenvalue weighted by molar-refractivity contribution is 0.500. The molecule has 0 saturated heterocycles. The molecule has 1 aliphatic carbocycles. The molecule has 1 saturated carbocycles. The van der Waals surface area contributed by atoms with Crippen LogP contribution in [0.5, 0.6) is 0 Å². The number of nitrogens with zero attached hydrogens (tertiary/aromatic N) is 2. The van der Waals surface area contributed by atoms with E-state index in [0.29, 0.717) is 0 Å². The summed E-state index contributed by atoms with van der Waals surface area (Å²) in [5.41, 5.74) is 1.26. The smallest absolute Gasteiger partial charge is 0.122 e. The lowest BCUT2D eigenvalue weighted by Crippen LogP contribution is -2.27. The van der Waals surface area contributed by atoms with Crippen molar-refractivity contribution in [2.75, 3.05) is 0 Å². The van der Waals surface area contributed by atoms with Gasteiger partial charge in [0.1, 0.15) is 5.82 Å². The van der Waals surface area contributed by atoms with E-state index in [1.54, 1.807) is 0 Å². The number of aromatic nitrogens is 2. The topological polar surface area (TPSA) is 29.9 Å². The van der Waals surface area contributed by atoms with Gasteiger partial charge in [-0.05, 0) is 26.7 Å². The Morgan fingerprint density at radius 1 is 1.47 bits per heavy atom. The van der Waals surface area contributed by atoms with E-state index in [1.165, 1.54) is 37.2 Å². The van der Waals surface area contributed by atoms with Crippen LogP contribution in [-0.4, -0.2) is 15.6 Å². The zero-order chi connectivity index (χ0) is 10.7. The van der Waals surface area contributed by atoms with Crippen LogP contribution in [0, 0.1) is 6.92 Å². The highest BCUT2D eigenvalue weighted by Crippen LogP contribution is 2.18. The van der Waals surface area contributed by atoms with E-state index in [4.69, 9.17) is 0 Å². The van der Waals surface area contributed by atoms with Crippen molar-refractivity contribution in [2.45, 2.75) is 58.7 Å². The number of aryl methyl sites for hydroxylation is 1. The van der Waals surface area contributed by atoms with Crippen molar-refractivity contribution in [3.05, 3.63) is 17.7 Å². The van der Waals surface area contributed by atoms with Crippen molar-refractivity contribution in [3.8, 4) is 0 Å². The van der Waals surface area contributed by atoms with Crippen LogP contribution in [0.4, 0.5) is 0 Å². The molecule has 1 fully saturated rings. The van der Waals surface area contributed by atoms with E-state index in [0.717, 1.165) is 19.1 Å². The Balaban J connectivity index is 1.92. The van der Waals surface area contributed by atoms with Crippen LogP contribution in [0.15, 0.2) is 6.20 Å². The Labute approximate surface area is 91.9 Å². The Hall–Kier alpha value is -0.830. The molecule has 15 heavy (non-hydrogen) atoms. The van der Waals surface area contributed by atoms with E-state index in [-0.39, 0.29) is 0 Å². The lowest BCUT2D eigenvalue weighted by Gasteiger charge is -2.12. The summed E-state index contributed by atoms with van der Waals surface area (Å²) in [4.78, 5) is 4.45. The van der Waals surface area contributed by atoms with E-state index in [1.807, 2.05) is 6.20 Å². The van der Waals surface area contributed by atoms with Gasteiger partial charge < -0.3 is 9.88 Å². The highest BCUT2D eigenvalue weighted by Gasteiger charge is 2.15. The molecule has 0 spiro atoms. The molecule has 0 amide bonds. The van der Waals surface area contributed by atoms with Gasteiger partial charge in [0.15, 0.2) is 0 Å². The number of imidazole rings is 1. The van der Waals surface area contributed by atoms with E-state index in [2.05, 4.69) is 28.7 Å². The molecular formula is C12H21N3. The summed E-state index contributed by atoms with van der Waals surface area (Å²) < 4.78 is 2.28. The molecule has 3 heteroatoms. The molecule has 1 aromatic heterocycles. The molecule has 1 heterocycles. The largest absolute Gasteiger partial charge is 0.332 e. The molecule has 1 aromatic rings. The molecule has 1 aliphatic rings. The van der Waals surface area contributed by atoms with E-state index in [9.17, 15) is 0 Å². The first-order valence-electron chi connectivity index (χ1n) is 6.05. The van der Waals surface area contributed by atoms with Crippen molar-refractivity contribution in [1.82, 2.24) is 14.9 Å². The van der Waals surface area contributed by atoms with Crippen molar-refractivity contribution in [3.63, 3.8) is 0 Å². The fourth-order valence-corrected chi connectivity index (χ4v) is 2.45. The zero-order valence-electron chi connectivity index (χ0n) is 9.79. The maximum atomic E-state index is 4.45. The zero-order valence-corrected chi connectivity index (χ0v) is 9.79. The molecule has 0 aromatic carbocycles. The van der Waals surface area contributed by atoms with Crippen LogP contribution in [0.3, 0.4) is 0 Å². The minimum Gasteiger partial charge on any atom is -0.332 e. The van der Waals surface area contributed by atoms with Gasteiger partial charge in [-0.1, -0.05) is 12.8 Å². The fraction of sp³-hybridized carbons (Fsp3) is 0.750. The molecule has 0 atom stereocenters. The van der Waals surface area contributed by atoms with Gasteiger partial charge in [0.25, 0.3) is 0 Å². The summed E-state index contributed by atoms with van der Waals surface area (Å²) in [5.74, 6) is 1.18. The maximum Gasteiger partial charge on any atom is 0.122 e. The molecule has 3 nitrogen and oxygen atoms in total. The molecule has 2 rings (SSSR count). The molecule has 0 unspecified atom stereocenters. The molecule has 0 bridgehead atoms. The van der Waals surface area contributed by atoms with Crippen LogP contribution in [0.25, 0.3) is 0 Å². The molecule has 84 valence electrons. The van der Waals surface area contributed by atoms with Crippen LogP contribution in [0.2, 0.25) is 0 Å². The van der Waals surface area contributed by atoms with Crippen molar-refractivity contribution < 1.29 is 0 Å². The second-order valence-electron chi connectivity index (χ2n) is 4.42. The minimum atomic E-state index is 0.729. The number of hydrogen-bond acceptors (Lipinski definition) is 2. The Morgan fingerprint density at radius 2 is 2.20 bits per heavy atom. The van der Waals surface area contributed by atoms with Gasteiger partial charge in [0.2, 0.25) is 0 Å². The van der Waals surface area contributed by atoms with Crippen molar-refractivity contribution >= 4 is 0 Å². The van der Waals surface area contributed by atoms with E-state index >= 15 is 0 Å². The first-order valence-corrected chi connectivity index (χ1v) is 6.05. The molecule has 0 radical (unpaired) electrons. The minimum absolute atomic E-state index is 0.729. The quantitative estimate of drug-likeness (QED) is 0.820. The van der Waals surface area contributed by atoms with Gasteiger partial charge in [-0.15, -0.1) is 0 Å². The molecule has 1 N–H and O–H groups in total. The Bertz CT molecular complexity index is 311. The van der Waals surface area contributed by atoms with Crippen LogP contribution in [-0.2, 0) is 13.1 Å². The second kappa shape index (κ2) is 4.79. The first kappa shape index (κ1) is 10.7. The van der Waals surface area contributed by atoms with Gasteiger partial charge in [0.05, 0.1) is 6.54 Å². The second-order valence-corrected chi connectivity index (χ2v) is 4.42. The van der Waals surface area contributed by atoms with Crippen molar-refractivity contribution in [2.24, 2.45) is 0 Å². The van der Waals surface area contributed by atoms with Gasteiger partial charge >= 0.3 is 0 Å². The normalized spacial score (nSPS) is 17.5. The third-order valence-electron chi connectivity index (χ3n) is 3.36. The standard InChI is InChI=1S/C12H21N3/c1-3-15-10(2)8-14-12(15)9-13-11-6-4-5-7-11/h8,11,13H,3-7,9H2,1-2H3. The number of hydrogen-bond donors (Lipinski definition) is 1. The average molecular weight is 207 g/mol. The highest BCUT2D eigenvalue weighted by molar-refractivity contribution is 5.03. The maximum absolute atomic E-state index is 4.45. The fourth-order valence-electron chi connectivity index (χ4n) is 2.45. The molecule has 0 aliphatic heterocycles. The van der Waals surface area contributed by atoms with Crippen LogP contribution < -0.4 is 5.32 Å². The summed E-state index contributed by atoms with van der Waals surface area (Å²) >= 11 is 0. The van der Waals surface area contributed by atoms with Crippen LogP contribution >= 0.6 is 0 Å². The highest BCUT2D eigenvalue weighted by atomic mass is 15.1. The van der Waals surface area contributed by atoms with Gasteiger partial charge in [-0.2, -0.15) is 0 Å². The summed E-state index contributed by atoms with van der Waals surface area (Å²) in [6.07, 6.45) is 7.42. The van der Waals surface area contributed by atoms with Gasteiger partial charge in [0, 0.05) is 24.5 Å². The number of nitrogens with one attached hydrogen (secondary N) is 1. The van der Waals surface area contributed by atoms with Gasteiger partial charge in [-0.25, -0.2) is 4.98 Å². The average Bonchev–Trinajstić information content (AvgIpc) is 2.84. The lowest BCUT2D eigenvalue weighted by atomic mass is 10.2. The van der Waals surface area contributed by atoms with E-state index < -0.39 is 0 Å². The summed E-state index contributed by atoms with van der Waals surface area (Å²) in [7, 11) is 0. The van der Waals surface area contributed by atoms with Crippen LogP contribution in [0.1, 0.15) is 44.1 Å². The SMILES string of the molecule is CCn1c(C)cnc1CNC1CCCC1. The number of rotatable bonds is 4. The predicted molar refractivity (Wildman–Crippen MR) is 61.7 cm³/mol. The Kier molecular flexibility index (Phi) is 3.41. The van der Waals surface area contributed by atoms with Gasteiger partial charge in [-0.3, -0.25) is 0 Å². The summed E-state index contributed by atoms with van der Waals surface area (Å²) in [5, 5.41) is 3.60. The Morgan fingerprint density at radius 3 is 2.87 bits per heavy atom. The predicted octanol–water partition coefficient (Wildman–Crippen LogP) is 2.24. The third-order valence-corrected chi connectivity index (χ3v) is 3.36. The first-order chi connectivity index (χ1) is 7.31.